The maximum atomic E-state index is 12.1. The van der Waals surface area contributed by atoms with Crippen LogP contribution in [0.3, 0.4) is 0 Å². The summed E-state index contributed by atoms with van der Waals surface area (Å²) in [5, 5.41) is 3.98. The Kier molecular flexibility index (Phi) is 8.51. The van der Waals surface area contributed by atoms with Gasteiger partial charge in [0.1, 0.15) is 11.5 Å². The van der Waals surface area contributed by atoms with E-state index in [4.69, 9.17) is 9.47 Å². The third kappa shape index (κ3) is 6.07. The van der Waals surface area contributed by atoms with Gasteiger partial charge in [-0.3, -0.25) is 4.79 Å². The topological polar surface area (TPSA) is 59.9 Å². The highest BCUT2D eigenvalue weighted by atomic mass is 79.9. The van der Waals surface area contributed by atoms with E-state index in [2.05, 4.69) is 56.2 Å². The second-order valence-electron chi connectivity index (χ2n) is 6.45. The highest BCUT2D eigenvalue weighted by Crippen LogP contribution is 2.40. The molecule has 28 heavy (non-hydrogen) atoms. The smallest absolute Gasteiger partial charge is 0.277 e. The van der Waals surface area contributed by atoms with Crippen molar-refractivity contribution in [2.24, 2.45) is 5.10 Å². The van der Waals surface area contributed by atoms with Gasteiger partial charge in [-0.1, -0.05) is 29.8 Å². The zero-order valence-electron chi connectivity index (χ0n) is 16.4. The molecule has 0 aliphatic rings. The first-order valence-corrected chi connectivity index (χ1v) is 10.6. The van der Waals surface area contributed by atoms with E-state index in [1.54, 1.807) is 6.21 Å². The van der Waals surface area contributed by atoms with Gasteiger partial charge in [0.15, 0.2) is 6.61 Å². The van der Waals surface area contributed by atoms with Crippen molar-refractivity contribution in [1.82, 2.24) is 5.43 Å². The quantitative estimate of drug-likeness (QED) is 0.372. The van der Waals surface area contributed by atoms with Gasteiger partial charge in [-0.25, -0.2) is 5.43 Å². The Bertz CT molecular complexity index is 850. The molecule has 0 spiro atoms. The number of hydrogen-bond acceptors (Lipinski definition) is 4. The molecule has 1 N–H and O–H groups in total. The van der Waals surface area contributed by atoms with Gasteiger partial charge >= 0.3 is 0 Å². The van der Waals surface area contributed by atoms with Gasteiger partial charge in [0, 0.05) is 4.47 Å². The summed E-state index contributed by atoms with van der Waals surface area (Å²) in [7, 11) is 0. The van der Waals surface area contributed by atoms with Crippen molar-refractivity contribution < 1.29 is 14.3 Å². The maximum Gasteiger partial charge on any atom is 0.277 e. The molecule has 0 radical (unpaired) electrons. The molecule has 0 bridgehead atoms. The largest absolute Gasteiger partial charge is 0.494 e. The van der Waals surface area contributed by atoms with Crippen LogP contribution in [0, 0.1) is 6.92 Å². The Morgan fingerprint density at radius 3 is 2.50 bits per heavy atom. The van der Waals surface area contributed by atoms with E-state index in [1.807, 2.05) is 44.2 Å². The number of hydrazone groups is 1. The summed E-state index contributed by atoms with van der Waals surface area (Å²) in [4.78, 5) is 12.1. The van der Waals surface area contributed by atoms with Crippen molar-refractivity contribution >= 4 is 44.0 Å². The second-order valence-corrected chi connectivity index (χ2v) is 8.10. The third-order valence-corrected chi connectivity index (χ3v) is 5.77. The van der Waals surface area contributed by atoms with Crippen LogP contribution in [-0.4, -0.2) is 25.3 Å². The van der Waals surface area contributed by atoms with Crippen molar-refractivity contribution in [3.05, 3.63) is 56.0 Å². The lowest BCUT2D eigenvalue weighted by Crippen LogP contribution is -2.25. The normalized spacial score (nSPS) is 11.1. The summed E-state index contributed by atoms with van der Waals surface area (Å²) >= 11 is 7.13. The van der Waals surface area contributed by atoms with Crippen molar-refractivity contribution in [3.8, 4) is 11.5 Å². The molecule has 0 aliphatic heterocycles. The van der Waals surface area contributed by atoms with Gasteiger partial charge in [-0.2, -0.15) is 5.10 Å². The fourth-order valence-electron chi connectivity index (χ4n) is 2.45. The van der Waals surface area contributed by atoms with Crippen LogP contribution in [0.2, 0.25) is 0 Å². The van der Waals surface area contributed by atoms with Crippen LogP contribution in [0.4, 0.5) is 0 Å². The van der Waals surface area contributed by atoms with Crippen LogP contribution in [0.1, 0.15) is 43.4 Å². The number of halogens is 2. The fraction of sp³-hybridized carbons (Fsp3) is 0.333. The van der Waals surface area contributed by atoms with Crippen LogP contribution in [0.5, 0.6) is 11.5 Å². The molecule has 0 heterocycles. The van der Waals surface area contributed by atoms with E-state index >= 15 is 0 Å². The van der Waals surface area contributed by atoms with Gasteiger partial charge in [0.05, 0.1) is 17.3 Å². The van der Waals surface area contributed by atoms with Gasteiger partial charge in [0.2, 0.25) is 0 Å². The van der Waals surface area contributed by atoms with E-state index in [1.165, 1.54) is 0 Å². The van der Waals surface area contributed by atoms with E-state index in [9.17, 15) is 4.79 Å². The summed E-state index contributed by atoms with van der Waals surface area (Å²) in [5.74, 6) is 1.41. The van der Waals surface area contributed by atoms with Crippen LogP contribution >= 0.6 is 31.9 Å². The second kappa shape index (κ2) is 10.6. The SMILES string of the molecule is CCOc1ccc(/C=N/NC(=O)COc2c(C(C)C)cc(Br)c(C)c2Br)cc1. The Balaban J connectivity index is 1.96. The molecule has 0 saturated carbocycles. The molecule has 2 aromatic carbocycles. The molecule has 5 nitrogen and oxygen atoms in total. The first-order valence-electron chi connectivity index (χ1n) is 8.99. The molecular formula is C21H24Br2N2O3. The zero-order valence-corrected chi connectivity index (χ0v) is 19.6. The Labute approximate surface area is 182 Å². The van der Waals surface area contributed by atoms with E-state index in [0.29, 0.717) is 12.4 Å². The average Bonchev–Trinajstić information content (AvgIpc) is 2.66. The molecule has 0 fully saturated rings. The number of ether oxygens (including phenoxy) is 2. The van der Waals surface area contributed by atoms with Gasteiger partial charge < -0.3 is 9.47 Å². The van der Waals surface area contributed by atoms with Crippen LogP contribution in [0.25, 0.3) is 0 Å². The van der Waals surface area contributed by atoms with Crippen molar-refractivity contribution in [2.75, 3.05) is 13.2 Å². The Morgan fingerprint density at radius 1 is 1.21 bits per heavy atom. The summed E-state index contributed by atoms with van der Waals surface area (Å²) in [5.41, 5.74) is 5.39. The average molecular weight is 512 g/mol. The summed E-state index contributed by atoms with van der Waals surface area (Å²) in [6.45, 7) is 8.57. The first-order chi connectivity index (χ1) is 13.3. The minimum absolute atomic E-state index is 0.125. The van der Waals surface area contributed by atoms with E-state index < -0.39 is 0 Å². The third-order valence-electron chi connectivity index (χ3n) is 3.99. The molecule has 0 saturated heterocycles. The number of benzene rings is 2. The maximum absolute atomic E-state index is 12.1. The minimum Gasteiger partial charge on any atom is -0.494 e. The molecule has 1 amide bonds. The molecule has 0 atom stereocenters. The number of rotatable bonds is 8. The first kappa shape index (κ1) is 22.4. The zero-order chi connectivity index (χ0) is 20.7. The van der Waals surface area contributed by atoms with Gasteiger partial charge in [-0.05, 0) is 82.7 Å². The molecule has 0 aliphatic carbocycles. The number of carbonyl (C=O) groups excluding carboxylic acids is 1. The summed E-state index contributed by atoms with van der Waals surface area (Å²) < 4.78 is 13.0. The Hall–Kier alpha value is -1.86. The lowest BCUT2D eigenvalue weighted by atomic mass is 10.0. The number of hydrogen-bond donors (Lipinski definition) is 1. The predicted octanol–water partition coefficient (Wildman–Crippen LogP) is 5.57. The summed E-state index contributed by atoms with van der Waals surface area (Å²) in [6.07, 6.45) is 1.58. The minimum atomic E-state index is -0.329. The van der Waals surface area contributed by atoms with E-state index in [-0.39, 0.29) is 18.4 Å². The number of nitrogens with zero attached hydrogens (tertiary/aromatic N) is 1. The lowest BCUT2D eigenvalue weighted by molar-refractivity contribution is -0.123. The van der Waals surface area contributed by atoms with Gasteiger partial charge in [-0.15, -0.1) is 0 Å². The standard InChI is InChI=1S/C21H24Br2N2O3/c1-5-27-16-8-6-15(7-9-16)11-24-25-19(26)12-28-21-17(13(2)3)10-18(22)14(4)20(21)23/h6-11,13H,5,12H2,1-4H3,(H,25,26)/b24-11+. The number of carbonyl (C=O) groups is 1. The van der Waals surface area contributed by atoms with Crippen LogP contribution < -0.4 is 14.9 Å². The number of amides is 1. The van der Waals surface area contributed by atoms with Crippen molar-refractivity contribution in [2.45, 2.75) is 33.6 Å². The molecule has 150 valence electrons. The predicted molar refractivity (Wildman–Crippen MR) is 120 cm³/mol. The van der Waals surface area contributed by atoms with Crippen molar-refractivity contribution in [3.63, 3.8) is 0 Å². The molecule has 0 unspecified atom stereocenters. The lowest BCUT2D eigenvalue weighted by Gasteiger charge is -2.18. The Morgan fingerprint density at radius 2 is 1.89 bits per heavy atom. The molecule has 2 rings (SSSR count). The highest BCUT2D eigenvalue weighted by molar-refractivity contribution is 9.11. The van der Waals surface area contributed by atoms with Crippen LogP contribution in [-0.2, 0) is 4.79 Å². The monoisotopic (exact) mass is 510 g/mol. The van der Waals surface area contributed by atoms with Crippen LogP contribution in [0.15, 0.2) is 44.4 Å². The molecule has 0 aromatic heterocycles. The van der Waals surface area contributed by atoms with Crippen molar-refractivity contribution in [1.29, 1.82) is 0 Å². The fourth-order valence-corrected chi connectivity index (χ4v) is 3.72. The molecule has 7 heteroatoms. The van der Waals surface area contributed by atoms with Gasteiger partial charge in [0.25, 0.3) is 5.91 Å². The summed E-state index contributed by atoms with van der Waals surface area (Å²) in [6, 6.07) is 9.48. The number of nitrogens with one attached hydrogen (secondary N) is 1. The highest BCUT2D eigenvalue weighted by Gasteiger charge is 2.17. The molecule has 2 aromatic rings. The molecular weight excluding hydrogens is 488 g/mol. The van der Waals surface area contributed by atoms with E-state index in [0.717, 1.165) is 31.4 Å².